The van der Waals surface area contributed by atoms with E-state index in [1.54, 1.807) is 12.3 Å². The SMILES string of the molecule is CCN1C(=O)CC[C@](F)(N2Cc3c(csc3N)C2=O)C1=O. The molecule has 21 heavy (non-hydrogen) atoms. The number of nitrogen functional groups attached to an aromatic ring is 1. The number of carbonyl (C=O) groups excluding carboxylic acids is 3. The van der Waals surface area contributed by atoms with Crippen molar-refractivity contribution in [1.29, 1.82) is 0 Å². The van der Waals surface area contributed by atoms with Crippen molar-refractivity contribution in [2.45, 2.75) is 32.1 Å². The molecule has 6 nitrogen and oxygen atoms in total. The highest BCUT2D eigenvalue weighted by Gasteiger charge is 2.55. The van der Waals surface area contributed by atoms with Crippen LogP contribution < -0.4 is 5.73 Å². The molecule has 3 amide bonds. The Labute approximate surface area is 124 Å². The molecular formula is C13H14FN3O3S. The summed E-state index contributed by atoms with van der Waals surface area (Å²) < 4.78 is 15.2. The quantitative estimate of drug-likeness (QED) is 0.655. The molecule has 8 heteroatoms. The Morgan fingerprint density at radius 1 is 1.43 bits per heavy atom. The summed E-state index contributed by atoms with van der Waals surface area (Å²) in [7, 11) is 0. The second kappa shape index (κ2) is 4.52. The first-order valence-corrected chi connectivity index (χ1v) is 7.49. The van der Waals surface area contributed by atoms with Crippen molar-refractivity contribution >= 4 is 34.1 Å². The Hall–Kier alpha value is -1.96. The van der Waals surface area contributed by atoms with Crippen LogP contribution in [0.5, 0.6) is 0 Å². The fourth-order valence-electron chi connectivity index (χ4n) is 2.81. The van der Waals surface area contributed by atoms with Crippen LogP contribution >= 0.6 is 11.3 Å². The summed E-state index contributed by atoms with van der Waals surface area (Å²) in [5, 5.41) is 2.03. The van der Waals surface area contributed by atoms with Crippen LogP contribution in [0.4, 0.5) is 9.39 Å². The van der Waals surface area contributed by atoms with Crippen molar-refractivity contribution in [3.63, 3.8) is 0 Å². The number of hydrogen-bond acceptors (Lipinski definition) is 5. The van der Waals surface area contributed by atoms with Crippen molar-refractivity contribution < 1.29 is 18.8 Å². The average molecular weight is 311 g/mol. The van der Waals surface area contributed by atoms with Crippen molar-refractivity contribution in [1.82, 2.24) is 9.80 Å². The molecule has 0 saturated carbocycles. The maximum atomic E-state index is 15.2. The van der Waals surface area contributed by atoms with Crippen molar-refractivity contribution in [3.05, 3.63) is 16.5 Å². The minimum Gasteiger partial charge on any atom is -0.390 e. The Morgan fingerprint density at radius 3 is 2.76 bits per heavy atom. The van der Waals surface area contributed by atoms with Gasteiger partial charge in [0.15, 0.2) is 0 Å². The molecule has 0 radical (unpaired) electrons. The van der Waals surface area contributed by atoms with Crippen molar-refractivity contribution in [3.8, 4) is 0 Å². The van der Waals surface area contributed by atoms with Crippen molar-refractivity contribution in [2.75, 3.05) is 12.3 Å². The Bertz CT molecular complexity index is 659. The molecule has 2 aliphatic rings. The Balaban J connectivity index is 1.95. The number of amides is 3. The van der Waals surface area contributed by atoms with Gasteiger partial charge in [-0.1, -0.05) is 0 Å². The van der Waals surface area contributed by atoms with Crippen LogP contribution in [0.2, 0.25) is 0 Å². The fourth-order valence-corrected chi connectivity index (χ4v) is 3.61. The zero-order chi connectivity index (χ0) is 15.4. The van der Waals surface area contributed by atoms with E-state index in [0.29, 0.717) is 16.1 Å². The van der Waals surface area contributed by atoms with Crippen LogP contribution in [-0.2, 0) is 16.1 Å². The number of thiophene rings is 1. The smallest absolute Gasteiger partial charge is 0.288 e. The first-order chi connectivity index (χ1) is 9.90. The molecule has 0 aromatic carbocycles. The zero-order valence-electron chi connectivity index (χ0n) is 11.4. The summed E-state index contributed by atoms with van der Waals surface area (Å²) in [5.74, 6) is -4.37. The molecular weight excluding hydrogens is 297 g/mol. The fraction of sp³-hybridized carbons (Fsp3) is 0.462. The first-order valence-electron chi connectivity index (χ1n) is 6.61. The van der Waals surface area contributed by atoms with Gasteiger partial charge in [-0.3, -0.25) is 24.2 Å². The average Bonchev–Trinajstić information content (AvgIpc) is 2.97. The molecule has 0 bridgehead atoms. The van der Waals surface area contributed by atoms with Crippen molar-refractivity contribution in [2.24, 2.45) is 0 Å². The third kappa shape index (κ3) is 1.78. The monoisotopic (exact) mass is 311 g/mol. The van der Waals surface area contributed by atoms with E-state index in [1.807, 2.05) is 0 Å². The largest absolute Gasteiger partial charge is 0.390 e. The van der Waals surface area contributed by atoms with E-state index in [0.717, 1.165) is 9.80 Å². The van der Waals surface area contributed by atoms with Crippen LogP contribution in [0.3, 0.4) is 0 Å². The van der Waals surface area contributed by atoms with E-state index >= 15 is 4.39 Å². The Kier molecular flexibility index (Phi) is 3.01. The number of hydrogen-bond donors (Lipinski definition) is 1. The minimum atomic E-state index is -2.47. The molecule has 1 aromatic rings. The van der Waals surface area contributed by atoms with Gasteiger partial charge in [0.1, 0.15) is 0 Å². The summed E-state index contributed by atoms with van der Waals surface area (Å²) >= 11 is 1.22. The second-order valence-electron chi connectivity index (χ2n) is 5.09. The van der Waals surface area contributed by atoms with Crippen LogP contribution in [0.25, 0.3) is 0 Å². The highest BCUT2D eigenvalue weighted by atomic mass is 32.1. The molecule has 3 rings (SSSR count). The lowest BCUT2D eigenvalue weighted by atomic mass is 9.99. The number of likely N-dealkylation sites (tertiary alicyclic amines) is 1. The lowest BCUT2D eigenvalue weighted by Crippen LogP contribution is -2.61. The van der Waals surface area contributed by atoms with Gasteiger partial charge in [-0.15, -0.1) is 11.3 Å². The van der Waals surface area contributed by atoms with E-state index < -0.39 is 23.5 Å². The molecule has 3 heterocycles. The molecule has 1 fully saturated rings. The number of nitrogens with two attached hydrogens (primary N) is 1. The summed E-state index contributed by atoms with van der Waals surface area (Å²) in [6.45, 7) is 1.66. The molecule has 0 spiro atoms. The number of fused-ring (bicyclic) bond motifs is 1. The molecule has 0 aliphatic carbocycles. The molecule has 2 aliphatic heterocycles. The predicted molar refractivity (Wildman–Crippen MR) is 74.1 cm³/mol. The second-order valence-corrected chi connectivity index (χ2v) is 6.00. The van der Waals surface area contributed by atoms with Gasteiger partial charge in [-0.05, 0) is 6.92 Å². The van der Waals surface area contributed by atoms with Gasteiger partial charge in [0.25, 0.3) is 17.6 Å². The number of piperidine rings is 1. The topological polar surface area (TPSA) is 83.7 Å². The highest BCUT2D eigenvalue weighted by Crippen LogP contribution is 2.40. The zero-order valence-corrected chi connectivity index (χ0v) is 12.2. The molecule has 1 saturated heterocycles. The molecule has 0 unspecified atom stereocenters. The molecule has 1 atom stereocenters. The van der Waals surface area contributed by atoms with Gasteiger partial charge in [-0.2, -0.15) is 0 Å². The predicted octanol–water partition coefficient (Wildman–Crippen LogP) is 1.12. The highest BCUT2D eigenvalue weighted by molar-refractivity contribution is 7.14. The van der Waals surface area contributed by atoms with Gasteiger partial charge in [0.2, 0.25) is 5.91 Å². The third-order valence-corrected chi connectivity index (χ3v) is 4.86. The Morgan fingerprint density at radius 2 is 2.14 bits per heavy atom. The van der Waals surface area contributed by atoms with Crippen LogP contribution in [0.1, 0.15) is 35.7 Å². The van der Waals surface area contributed by atoms with Crippen LogP contribution in [0.15, 0.2) is 5.38 Å². The number of carbonyl (C=O) groups is 3. The number of nitrogens with zero attached hydrogens (tertiary/aromatic N) is 2. The van der Waals surface area contributed by atoms with Gasteiger partial charge in [0.05, 0.1) is 17.1 Å². The number of anilines is 1. The maximum Gasteiger partial charge on any atom is 0.288 e. The summed E-state index contributed by atoms with van der Waals surface area (Å²) in [4.78, 5) is 38.0. The lowest BCUT2D eigenvalue weighted by molar-refractivity contribution is -0.169. The summed E-state index contributed by atoms with van der Waals surface area (Å²) in [6, 6.07) is 0. The number of alkyl halides is 1. The van der Waals surface area contributed by atoms with Gasteiger partial charge < -0.3 is 5.73 Å². The minimum absolute atomic E-state index is 0.0303. The first kappa shape index (κ1) is 14.0. The molecule has 1 aromatic heterocycles. The van der Waals surface area contributed by atoms with E-state index in [9.17, 15) is 14.4 Å². The number of imide groups is 1. The summed E-state index contributed by atoms with van der Waals surface area (Å²) in [6.07, 6.45) is -0.400. The van der Waals surface area contributed by atoms with E-state index in [4.69, 9.17) is 5.73 Å². The number of halogens is 1. The standard InChI is InChI=1S/C13H14FN3O3S/c1-2-16-9(18)3-4-13(14,12(16)20)17-5-7-8(11(17)19)6-21-10(7)15/h6H,2-5,15H2,1H3/t13-/m0/s1. The summed E-state index contributed by atoms with van der Waals surface area (Å²) in [5.41, 5.74) is 6.68. The van der Waals surface area contributed by atoms with E-state index in [1.165, 1.54) is 11.3 Å². The van der Waals surface area contributed by atoms with Gasteiger partial charge in [-0.25, -0.2) is 4.39 Å². The maximum absolute atomic E-state index is 15.2. The van der Waals surface area contributed by atoms with E-state index in [-0.39, 0.29) is 25.9 Å². The van der Waals surface area contributed by atoms with E-state index in [2.05, 4.69) is 0 Å². The number of rotatable bonds is 2. The number of likely N-dealkylation sites (N-methyl/N-ethyl adjacent to an activating group) is 1. The normalized spacial score (nSPS) is 25.7. The lowest BCUT2D eigenvalue weighted by Gasteiger charge is -2.39. The van der Waals surface area contributed by atoms with Gasteiger partial charge >= 0.3 is 0 Å². The van der Waals surface area contributed by atoms with Crippen LogP contribution in [0, 0.1) is 0 Å². The molecule has 2 N–H and O–H groups in total. The van der Waals surface area contributed by atoms with Gasteiger partial charge in [0, 0.05) is 30.3 Å². The third-order valence-electron chi connectivity index (χ3n) is 4.01. The molecule has 112 valence electrons. The van der Waals surface area contributed by atoms with Crippen LogP contribution in [-0.4, -0.2) is 39.9 Å².